The molecule has 1 aromatic heterocycles. The number of hydrogen-bond donors (Lipinski definition) is 0. The van der Waals surface area contributed by atoms with Crippen LogP contribution in [0.1, 0.15) is 60.6 Å². The van der Waals surface area contributed by atoms with Gasteiger partial charge in [-0.25, -0.2) is 9.99 Å². The topological polar surface area (TPSA) is 66.2 Å². The number of ether oxygens (including phenoxy) is 1. The van der Waals surface area contributed by atoms with Gasteiger partial charge in [0, 0.05) is 91.4 Å². The van der Waals surface area contributed by atoms with Crippen LogP contribution in [0.25, 0.3) is 0 Å². The molecular weight excluding hydrogens is 512 g/mol. The minimum absolute atomic E-state index is 0.162. The van der Waals surface area contributed by atoms with Crippen molar-refractivity contribution in [2.24, 2.45) is 12.1 Å². The zero-order chi connectivity index (χ0) is 28.7. The van der Waals surface area contributed by atoms with Crippen molar-refractivity contribution in [2.75, 3.05) is 36.0 Å². The number of anilines is 2. The third-order valence-corrected chi connectivity index (χ3v) is 8.39. The number of hydrazone groups is 1. The molecule has 0 radical (unpaired) electrons. The van der Waals surface area contributed by atoms with Crippen LogP contribution >= 0.6 is 0 Å². The van der Waals surface area contributed by atoms with E-state index in [1.165, 1.54) is 0 Å². The lowest BCUT2D eigenvalue weighted by Gasteiger charge is -2.42. The lowest BCUT2D eigenvalue weighted by Crippen LogP contribution is -2.44. The van der Waals surface area contributed by atoms with Crippen LogP contribution in [0.5, 0.6) is 11.5 Å². The van der Waals surface area contributed by atoms with Crippen molar-refractivity contribution in [1.82, 2.24) is 14.6 Å². The summed E-state index contributed by atoms with van der Waals surface area (Å²) in [6.45, 7) is 12.1. The fourth-order valence-corrected chi connectivity index (χ4v) is 6.26. The first-order chi connectivity index (χ1) is 20.0. The third kappa shape index (κ3) is 4.00. The fourth-order valence-electron chi connectivity index (χ4n) is 6.26. The number of amides is 1. The smallest absolute Gasteiger partial charge is 0.275 e. The predicted molar refractivity (Wildman–Crippen MR) is 163 cm³/mol. The molecule has 3 aromatic carbocycles. The molecule has 1 spiro atoms. The van der Waals surface area contributed by atoms with E-state index < -0.39 is 5.54 Å². The van der Waals surface area contributed by atoms with Crippen LogP contribution in [-0.2, 0) is 12.6 Å². The van der Waals surface area contributed by atoms with Crippen LogP contribution in [0.2, 0.25) is 0 Å². The van der Waals surface area contributed by atoms with E-state index >= 15 is 0 Å². The molecule has 0 saturated carbocycles. The number of hydrogen-bond acceptors (Lipinski definition) is 6. The van der Waals surface area contributed by atoms with Crippen molar-refractivity contribution >= 4 is 23.5 Å². The van der Waals surface area contributed by atoms with Gasteiger partial charge in [-0.2, -0.15) is 5.10 Å². The number of imidazole rings is 1. The summed E-state index contributed by atoms with van der Waals surface area (Å²) in [7, 11) is 1.91. The van der Waals surface area contributed by atoms with Gasteiger partial charge >= 0.3 is 0 Å². The highest BCUT2D eigenvalue weighted by atomic mass is 16.5. The molecule has 210 valence electrons. The van der Waals surface area contributed by atoms with Gasteiger partial charge in [0.05, 0.1) is 6.21 Å². The maximum Gasteiger partial charge on any atom is 0.275 e. The second-order valence-electron chi connectivity index (χ2n) is 10.3. The van der Waals surface area contributed by atoms with E-state index in [1.54, 1.807) is 17.4 Å². The molecule has 8 heteroatoms. The monoisotopic (exact) mass is 548 g/mol. The first kappa shape index (κ1) is 26.6. The SMILES string of the molecule is CCN(CC)c1ccc2c(c1)Oc1cc(N(CC)CC)ccc1C21c2ccccc2C(=O)N1/N=C/c1nccn1C. The molecule has 8 nitrogen and oxygen atoms in total. The molecular formula is C33H36N6O2. The van der Waals surface area contributed by atoms with Crippen molar-refractivity contribution in [1.29, 1.82) is 0 Å². The third-order valence-electron chi connectivity index (χ3n) is 8.39. The molecule has 0 saturated heterocycles. The van der Waals surface area contributed by atoms with Gasteiger partial charge in [-0.15, -0.1) is 0 Å². The van der Waals surface area contributed by atoms with E-state index in [9.17, 15) is 4.79 Å². The number of aryl methyl sites for hydroxylation is 1. The summed E-state index contributed by atoms with van der Waals surface area (Å²) < 4.78 is 8.61. The zero-order valence-corrected chi connectivity index (χ0v) is 24.3. The molecule has 6 rings (SSSR count). The second-order valence-corrected chi connectivity index (χ2v) is 10.3. The highest BCUT2D eigenvalue weighted by Crippen LogP contribution is 2.58. The summed E-state index contributed by atoms with van der Waals surface area (Å²) in [6, 6.07) is 20.5. The minimum Gasteiger partial charge on any atom is -0.456 e. The first-order valence-electron chi connectivity index (χ1n) is 14.4. The number of carbonyl (C=O) groups excluding carboxylic acids is 1. The van der Waals surface area contributed by atoms with Crippen molar-refractivity contribution in [3.05, 3.63) is 101 Å². The number of nitrogens with zero attached hydrogens (tertiary/aromatic N) is 6. The Bertz CT molecular complexity index is 1570. The number of carbonyl (C=O) groups is 1. The Morgan fingerprint density at radius 2 is 1.44 bits per heavy atom. The maximum absolute atomic E-state index is 14.2. The van der Waals surface area contributed by atoms with Gasteiger partial charge in [0.25, 0.3) is 5.91 Å². The summed E-state index contributed by atoms with van der Waals surface area (Å²) in [5.74, 6) is 1.94. The summed E-state index contributed by atoms with van der Waals surface area (Å²) in [6.07, 6.45) is 5.25. The highest BCUT2D eigenvalue weighted by molar-refractivity contribution is 6.02. The highest BCUT2D eigenvalue weighted by Gasteiger charge is 2.57. The van der Waals surface area contributed by atoms with E-state index in [0.29, 0.717) is 11.4 Å². The lowest BCUT2D eigenvalue weighted by molar-refractivity contribution is 0.0675. The van der Waals surface area contributed by atoms with Gasteiger partial charge in [0.15, 0.2) is 5.82 Å². The summed E-state index contributed by atoms with van der Waals surface area (Å²) in [5.41, 5.74) is 4.42. The van der Waals surface area contributed by atoms with Crippen LogP contribution in [-0.4, -0.2) is 52.9 Å². The van der Waals surface area contributed by atoms with Gasteiger partial charge in [-0.1, -0.05) is 30.3 Å². The maximum atomic E-state index is 14.2. The largest absolute Gasteiger partial charge is 0.456 e. The Kier molecular flexibility index (Phi) is 6.77. The Balaban J connectivity index is 1.65. The molecule has 2 aliphatic rings. The molecule has 3 heterocycles. The van der Waals surface area contributed by atoms with Crippen LogP contribution in [0, 0.1) is 0 Å². The Morgan fingerprint density at radius 1 is 0.854 bits per heavy atom. The zero-order valence-electron chi connectivity index (χ0n) is 24.3. The molecule has 41 heavy (non-hydrogen) atoms. The standard InChI is InChI=1S/C33H36N6O2/c1-6-37(7-2)23-14-16-27-29(20-23)41-30-21-24(38(8-3)9-4)15-17-28(30)33(27)26-13-11-10-12-25(26)32(40)39(33)35-22-31-34-18-19-36(31)5/h10-22H,6-9H2,1-5H3/b35-22+. The van der Waals surface area contributed by atoms with E-state index in [1.807, 2.05) is 42.1 Å². The van der Waals surface area contributed by atoms with Gasteiger partial charge in [-0.3, -0.25) is 4.79 Å². The summed E-state index contributed by atoms with van der Waals surface area (Å²) in [5, 5.41) is 6.50. The molecule has 4 aromatic rings. The molecule has 0 atom stereocenters. The van der Waals surface area contributed by atoms with Crippen molar-refractivity contribution in [3.63, 3.8) is 0 Å². The number of benzene rings is 3. The fraction of sp³-hybridized carbons (Fsp3) is 0.303. The molecule has 0 unspecified atom stereocenters. The number of fused-ring (bicyclic) bond motifs is 6. The van der Waals surface area contributed by atoms with Crippen molar-refractivity contribution < 1.29 is 9.53 Å². The average molecular weight is 549 g/mol. The van der Waals surface area contributed by atoms with Crippen molar-refractivity contribution in [3.8, 4) is 11.5 Å². The van der Waals surface area contributed by atoms with Gasteiger partial charge in [-0.05, 0) is 45.9 Å². The molecule has 0 fully saturated rings. The molecule has 0 aliphatic carbocycles. The van der Waals surface area contributed by atoms with Crippen LogP contribution < -0.4 is 14.5 Å². The normalized spacial score (nSPS) is 14.7. The Labute approximate surface area is 241 Å². The molecule has 1 amide bonds. The van der Waals surface area contributed by atoms with Crippen LogP contribution in [0.15, 0.2) is 78.2 Å². The van der Waals surface area contributed by atoms with Crippen LogP contribution in [0.3, 0.4) is 0 Å². The molecule has 2 aliphatic heterocycles. The lowest BCUT2D eigenvalue weighted by atomic mass is 9.75. The Morgan fingerprint density at radius 3 is 1.98 bits per heavy atom. The van der Waals surface area contributed by atoms with E-state index in [0.717, 1.165) is 65.7 Å². The quantitative estimate of drug-likeness (QED) is 0.253. The van der Waals surface area contributed by atoms with Gasteiger partial charge in [0.2, 0.25) is 0 Å². The van der Waals surface area contributed by atoms with E-state index in [4.69, 9.17) is 9.84 Å². The average Bonchev–Trinajstić information content (AvgIpc) is 3.51. The van der Waals surface area contributed by atoms with Crippen LogP contribution in [0.4, 0.5) is 11.4 Å². The van der Waals surface area contributed by atoms with Gasteiger partial charge < -0.3 is 19.1 Å². The second kappa shape index (κ2) is 10.4. The summed E-state index contributed by atoms with van der Waals surface area (Å²) in [4.78, 5) is 23.2. The number of aromatic nitrogens is 2. The Hall–Kier alpha value is -4.59. The summed E-state index contributed by atoms with van der Waals surface area (Å²) >= 11 is 0. The molecule has 0 bridgehead atoms. The predicted octanol–water partition coefficient (Wildman–Crippen LogP) is 6.00. The first-order valence-corrected chi connectivity index (χ1v) is 14.4. The van der Waals surface area contributed by atoms with Gasteiger partial charge in [0.1, 0.15) is 17.0 Å². The van der Waals surface area contributed by atoms with E-state index in [-0.39, 0.29) is 5.91 Å². The molecule has 0 N–H and O–H groups in total. The minimum atomic E-state index is -1.01. The van der Waals surface area contributed by atoms with Crippen molar-refractivity contribution in [2.45, 2.75) is 33.2 Å². The van der Waals surface area contributed by atoms with E-state index in [2.05, 4.69) is 78.9 Å². The number of rotatable bonds is 8.